The molecule has 3 nitrogen and oxygen atoms in total. The molecule has 2 aliphatic carbocycles. The zero-order valence-corrected chi connectivity index (χ0v) is 13.1. The van der Waals surface area contributed by atoms with Gasteiger partial charge in [0.15, 0.2) is 0 Å². The number of nitrogens with zero attached hydrogens (tertiary/aromatic N) is 1. The summed E-state index contributed by atoms with van der Waals surface area (Å²) in [7, 11) is 0. The van der Waals surface area contributed by atoms with Crippen LogP contribution in [0, 0.1) is 23.7 Å². The zero-order chi connectivity index (χ0) is 14.1. The van der Waals surface area contributed by atoms with Gasteiger partial charge in [-0.25, -0.2) is 0 Å². The van der Waals surface area contributed by atoms with Crippen LogP contribution in [0.2, 0.25) is 0 Å². The number of carbonyl (C=O) groups is 1. The zero-order valence-electron chi connectivity index (χ0n) is 13.1. The number of hydrogen-bond donors (Lipinski definition) is 1. The van der Waals surface area contributed by atoms with Crippen molar-refractivity contribution in [2.45, 2.75) is 58.4 Å². The van der Waals surface area contributed by atoms with E-state index in [1.54, 1.807) is 0 Å². The molecule has 2 atom stereocenters. The number of carbonyl (C=O) groups excluding carboxylic acids is 1. The molecular formula is C17H30N2O. The first kappa shape index (κ1) is 14.4. The SMILES string of the molecule is CC(C)C(=O)N1CC(CC2CC2)CC(NCC2CC2)C1. The minimum absolute atomic E-state index is 0.138. The van der Waals surface area contributed by atoms with Crippen LogP contribution in [0.5, 0.6) is 0 Å². The van der Waals surface area contributed by atoms with Crippen molar-refractivity contribution in [2.24, 2.45) is 23.7 Å². The number of nitrogens with one attached hydrogen (secondary N) is 1. The highest BCUT2D eigenvalue weighted by Gasteiger charge is 2.34. The van der Waals surface area contributed by atoms with E-state index in [1.807, 2.05) is 13.8 Å². The fourth-order valence-corrected chi connectivity index (χ4v) is 3.55. The van der Waals surface area contributed by atoms with Gasteiger partial charge < -0.3 is 10.2 Å². The van der Waals surface area contributed by atoms with Crippen LogP contribution in [0.1, 0.15) is 52.4 Å². The Labute approximate surface area is 123 Å². The van der Waals surface area contributed by atoms with E-state index in [0.717, 1.165) is 30.8 Å². The molecule has 1 heterocycles. The number of amides is 1. The molecule has 0 aromatic rings. The molecule has 1 N–H and O–H groups in total. The standard InChI is InChI=1S/C17H30N2O/c1-12(2)17(20)19-10-15(7-13-3-4-13)8-16(11-19)18-9-14-5-6-14/h12-16,18H,3-11H2,1-2H3. The average Bonchev–Trinajstić information content (AvgIpc) is 3.29. The Hall–Kier alpha value is -0.570. The van der Waals surface area contributed by atoms with E-state index in [2.05, 4.69) is 10.2 Å². The smallest absolute Gasteiger partial charge is 0.225 e. The maximum atomic E-state index is 12.3. The van der Waals surface area contributed by atoms with Gasteiger partial charge in [-0.15, -0.1) is 0 Å². The minimum atomic E-state index is 0.138. The highest BCUT2D eigenvalue weighted by Crippen LogP contribution is 2.38. The van der Waals surface area contributed by atoms with Crippen LogP contribution in [-0.2, 0) is 4.79 Å². The summed E-state index contributed by atoms with van der Waals surface area (Å²) < 4.78 is 0. The topological polar surface area (TPSA) is 32.3 Å². The van der Waals surface area contributed by atoms with E-state index in [9.17, 15) is 4.79 Å². The average molecular weight is 278 g/mol. The predicted molar refractivity (Wildman–Crippen MR) is 81.4 cm³/mol. The molecule has 1 amide bonds. The summed E-state index contributed by atoms with van der Waals surface area (Å²) in [5.41, 5.74) is 0. The van der Waals surface area contributed by atoms with Gasteiger partial charge >= 0.3 is 0 Å². The van der Waals surface area contributed by atoms with Gasteiger partial charge in [-0.05, 0) is 50.0 Å². The fourth-order valence-electron chi connectivity index (χ4n) is 3.55. The molecule has 2 saturated carbocycles. The van der Waals surface area contributed by atoms with Gasteiger partial charge in [0.25, 0.3) is 0 Å². The molecule has 0 aromatic heterocycles. The summed E-state index contributed by atoms with van der Waals surface area (Å²) in [6.45, 7) is 7.17. The lowest BCUT2D eigenvalue weighted by molar-refractivity contribution is -0.137. The van der Waals surface area contributed by atoms with E-state index < -0.39 is 0 Å². The summed E-state index contributed by atoms with van der Waals surface area (Å²) in [5, 5.41) is 3.74. The number of hydrogen-bond acceptors (Lipinski definition) is 2. The number of rotatable bonds is 6. The second-order valence-electron chi connectivity index (χ2n) is 7.73. The molecule has 20 heavy (non-hydrogen) atoms. The van der Waals surface area contributed by atoms with E-state index in [-0.39, 0.29) is 5.92 Å². The van der Waals surface area contributed by atoms with Gasteiger partial charge in [0.05, 0.1) is 0 Å². The van der Waals surface area contributed by atoms with Gasteiger partial charge in [0.2, 0.25) is 5.91 Å². The molecule has 3 rings (SSSR count). The third kappa shape index (κ3) is 3.97. The van der Waals surface area contributed by atoms with Crippen LogP contribution in [0.3, 0.4) is 0 Å². The molecule has 1 aliphatic heterocycles. The highest BCUT2D eigenvalue weighted by atomic mass is 16.2. The monoisotopic (exact) mass is 278 g/mol. The Morgan fingerprint density at radius 1 is 1.10 bits per heavy atom. The predicted octanol–water partition coefficient (Wildman–Crippen LogP) is 2.66. The second-order valence-corrected chi connectivity index (χ2v) is 7.73. The molecule has 3 heteroatoms. The molecule has 3 fully saturated rings. The first-order valence-electron chi connectivity index (χ1n) is 8.64. The molecule has 114 valence electrons. The summed E-state index contributed by atoms with van der Waals surface area (Å²) in [5.74, 6) is 3.12. The van der Waals surface area contributed by atoms with Crippen LogP contribution >= 0.6 is 0 Å². The molecular weight excluding hydrogens is 248 g/mol. The van der Waals surface area contributed by atoms with Crippen molar-refractivity contribution in [1.29, 1.82) is 0 Å². The Morgan fingerprint density at radius 3 is 2.40 bits per heavy atom. The lowest BCUT2D eigenvalue weighted by Gasteiger charge is -2.39. The Balaban J connectivity index is 1.55. The van der Waals surface area contributed by atoms with Crippen molar-refractivity contribution in [3.63, 3.8) is 0 Å². The molecule has 0 radical (unpaired) electrons. The minimum Gasteiger partial charge on any atom is -0.341 e. The molecule has 3 aliphatic rings. The van der Waals surface area contributed by atoms with E-state index >= 15 is 0 Å². The lowest BCUT2D eigenvalue weighted by Crippen LogP contribution is -2.52. The van der Waals surface area contributed by atoms with Crippen LogP contribution < -0.4 is 5.32 Å². The van der Waals surface area contributed by atoms with Crippen molar-refractivity contribution in [3.05, 3.63) is 0 Å². The molecule has 2 unspecified atom stereocenters. The van der Waals surface area contributed by atoms with Crippen molar-refractivity contribution in [2.75, 3.05) is 19.6 Å². The molecule has 0 bridgehead atoms. The van der Waals surface area contributed by atoms with Crippen LogP contribution in [0.4, 0.5) is 0 Å². The Kier molecular flexibility index (Phi) is 4.34. The van der Waals surface area contributed by atoms with Crippen molar-refractivity contribution < 1.29 is 4.79 Å². The largest absolute Gasteiger partial charge is 0.341 e. The normalized spacial score (nSPS) is 30.9. The fraction of sp³-hybridized carbons (Fsp3) is 0.941. The quantitative estimate of drug-likeness (QED) is 0.810. The third-order valence-electron chi connectivity index (χ3n) is 5.10. The van der Waals surface area contributed by atoms with Crippen molar-refractivity contribution in [3.8, 4) is 0 Å². The van der Waals surface area contributed by atoms with Crippen LogP contribution in [0.25, 0.3) is 0 Å². The van der Waals surface area contributed by atoms with E-state index in [1.165, 1.54) is 45.1 Å². The summed E-state index contributed by atoms with van der Waals surface area (Å²) in [6.07, 6.45) is 8.29. The molecule has 0 aromatic carbocycles. The number of likely N-dealkylation sites (tertiary alicyclic amines) is 1. The lowest BCUT2D eigenvalue weighted by atomic mass is 9.89. The van der Waals surface area contributed by atoms with Crippen molar-refractivity contribution in [1.82, 2.24) is 10.2 Å². The Morgan fingerprint density at radius 2 is 1.80 bits per heavy atom. The van der Waals surface area contributed by atoms with Gasteiger partial charge in [-0.1, -0.05) is 26.7 Å². The van der Waals surface area contributed by atoms with E-state index in [0.29, 0.717) is 11.9 Å². The van der Waals surface area contributed by atoms with Gasteiger partial charge in [-0.2, -0.15) is 0 Å². The molecule has 0 spiro atoms. The van der Waals surface area contributed by atoms with Crippen LogP contribution in [0.15, 0.2) is 0 Å². The van der Waals surface area contributed by atoms with Crippen LogP contribution in [-0.4, -0.2) is 36.5 Å². The number of piperidine rings is 1. The second kappa shape index (κ2) is 6.05. The third-order valence-corrected chi connectivity index (χ3v) is 5.10. The van der Waals surface area contributed by atoms with E-state index in [4.69, 9.17) is 0 Å². The molecule has 1 saturated heterocycles. The first-order valence-corrected chi connectivity index (χ1v) is 8.64. The highest BCUT2D eigenvalue weighted by molar-refractivity contribution is 5.78. The summed E-state index contributed by atoms with van der Waals surface area (Å²) >= 11 is 0. The summed E-state index contributed by atoms with van der Waals surface area (Å²) in [4.78, 5) is 14.5. The summed E-state index contributed by atoms with van der Waals surface area (Å²) in [6, 6.07) is 0.538. The van der Waals surface area contributed by atoms with Gasteiger partial charge in [-0.3, -0.25) is 4.79 Å². The van der Waals surface area contributed by atoms with Crippen molar-refractivity contribution >= 4 is 5.91 Å². The maximum absolute atomic E-state index is 12.3. The Bertz CT molecular complexity index is 347. The maximum Gasteiger partial charge on any atom is 0.225 e. The van der Waals surface area contributed by atoms with Gasteiger partial charge in [0.1, 0.15) is 0 Å². The first-order chi connectivity index (χ1) is 9.61. The van der Waals surface area contributed by atoms with Gasteiger partial charge in [0, 0.05) is 25.0 Å².